The molecule has 3 unspecified atom stereocenters. The van der Waals surface area contributed by atoms with Crippen LogP contribution in [0.2, 0.25) is 0 Å². The first-order valence-corrected chi connectivity index (χ1v) is 6.51. The lowest BCUT2D eigenvalue weighted by Crippen LogP contribution is -2.33. The Kier molecular flexibility index (Phi) is 5.54. The van der Waals surface area contributed by atoms with Crippen LogP contribution in [-0.2, 0) is 0 Å². The molecular formula is C13H27N. The van der Waals surface area contributed by atoms with Gasteiger partial charge in [-0.15, -0.1) is 0 Å². The first-order valence-electron chi connectivity index (χ1n) is 6.51. The van der Waals surface area contributed by atoms with E-state index in [-0.39, 0.29) is 0 Å². The maximum atomic E-state index is 3.71. The van der Waals surface area contributed by atoms with E-state index in [1.165, 1.54) is 45.1 Å². The van der Waals surface area contributed by atoms with Crippen LogP contribution in [0.1, 0.15) is 59.3 Å². The predicted octanol–water partition coefficient (Wildman–Crippen LogP) is 3.59. The lowest BCUT2D eigenvalue weighted by atomic mass is 9.90. The smallest absolute Gasteiger partial charge is 0.00954 e. The Labute approximate surface area is 89.7 Å². The van der Waals surface area contributed by atoms with Crippen molar-refractivity contribution in [1.29, 1.82) is 0 Å². The van der Waals surface area contributed by atoms with E-state index in [4.69, 9.17) is 0 Å². The molecule has 84 valence electrons. The van der Waals surface area contributed by atoms with Crippen LogP contribution in [0, 0.1) is 11.8 Å². The third-order valence-electron chi connectivity index (χ3n) is 3.72. The average Bonchev–Trinajstić information content (AvgIpc) is 2.62. The molecule has 0 aliphatic heterocycles. The molecule has 1 rings (SSSR count). The fourth-order valence-corrected chi connectivity index (χ4v) is 2.60. The predicted molar refractivity (Wildman–Crippen MR) is 63.5 cm³/mol. The zero-order valence-corrected chi connectivity index (χ0v) is 10.2. The molecule has 0 heterocycles. The van der Waals surface area contributed by atoms with Crippen LogP contribution in [0.4, 0.5) is 0 Å². The molecule has 0 aromatic carbocycles. The van der Waals surface area contributed by atoms with Gasteiger partial charge in [0.1, 0.15) is 0 Å². The second-order valence-corrected chi connectivity index (χ2v) is 5.00. The standard InChI is InChI=1S/C13H27N/c1-4-9-14-13-8-6-7-12(13)10-11(3)5-2/h11-14H,4-10H2,1-3H3. The lowest BCUT2D eigenvalue weighted by molar-refractivity contribution is 0.324. The molecule has 1 heteroatoms. The van der Waals surface area contributed by atoms with Crippen molar-refractivity contribution in [2.24, 2.45) is 11.8 Å². The van der Waals surface area contributed by atoms with Gasteiger partial charge in [0.15, 0.2) is 0 Å². The topological polar surface area (TPSA) is 12.0 Å². The van der Waals surface area contributed by atoms with Gasteiger partial charge in [-0.05, 0) is 44.1 Å². The van der Waals surface area contributed by atoms with Crippen molar-refractivity contribution in [2.45, 2.75) is 65.3 Å². The molecule has 1 N–H and O–H groups in total. The highest BCUT2D eigenvalue weighted by Gasteiger charge is 2.27. The van der Waals surface area contributed by atoms with Gasteiger partial charge in [-0.1, -0.05) is 33.6 Å². The van der Waals surface area contributed by atoms with Crippen molar-refractivity contribution < 1.29 is 0 Å². The molecule has 0 aromatic rings. The molecule has 1 aliphatic rings. The monoisotopic (exact) mass is 197 g/mol. The summed E-state index contributed by atoms with van der Waals surface area (Å²) in [7, 11) is 0. The fraction of sp³-hybridized carbons (Fsp3) is 1.00. The minimum absolute atomic E-state index is 0.837. The normalized spacial score (nSPS) is 29.4. The largest absolute Gasteiger partial charge is 0.314 e. The van der Waals surface area contributed by atoms with E-state index in [9.17, 15) is 0 Å². The van der Waals surface area contributed by atoms with Crippen LogP contribution < -0.4 is 5.32 Å². The number of nitrogens with one attached hydrogen (secondary N) is 1. The maximum absolute atomic E-state index is 3.71. The SMILES string of the molecule is CCCNC1CCCC1CC(C)CC. The molecule has 1 saturated carbocycles. The highest BCUT2D eigenvalue weighted by molar-refractivity contribution is 4.83. The fourth-order valence-electron chi connectivity index (χ4n) is 2.60. The van der Waals surface area contributed by atoms with E-state index >= 15 is 0 Å². The second kappa shape index (κ2) is 6.44. The Morgan fingerprint density at radius 2 is 2.07 bits per heavy atom. The van der Waals surface area contributed by atoms with E-state index < -0.39 is 0 Å². The summed E-state index contributed by atoms with van der Waals surface area (Å²) in [5, 5.41) is 3.71. The van der Waals surface area contributed by atoms with Gasteiger partial charge in [-0.25, -0.2) is 0 Å². The highest BCUT2D eigenvalue weighted by Crippen LogP contribution is 2.31. The van der Waals surface area contributed by atoms with E-state index in [1.807, 2.05) is 0 Å². The Hall–Kier alpha value is -0.0400. The summed E-state index contributed by atoms with van der Waals surface area (Å²) in [4.78, 5) is 0. The summed E-state index contributed by atoms with van der Waals surface area (Å²) in [6, 6.07) is 0.837. The minimum Gasteiger partial charge on any atom is -0.314 e. The van der Waals surface area contributed by atoms with E-state index in [2.05, 4.69) is 26.1 Å². The van der Waals surface area contributed by atoms with Crippen molar-refractivity contribution in [1.82, 2.24) is 5.32 Å². The van der Waals surface area contributed by atoms with E-state index in [1.54, 1.807) is 0 Å². The Bertz CT molecular complexity index is 144. The van der Waals surface area contributed by atoms with Gasteiger partial charge in [-0.3, -0.25) is 0 Å². The Morgan fingerprint density at radius 1 is 1.29 bits per heavy atom. The van der Waals surface area contributed by atoms with Crippen molar-refractivity contribution >= 4 is 0 Å². The summed E-state index contributed by atoms with van der Waals surface area (Å²) in [6.45, 7) is 8.18. The molecule has 1 fully saturated rings. The molecule has 3 atom stereocenters. The third-order valence-corrected chi connectivity index (χ3v) is 3.72. The molecule has 0 radical (unpaired) electrons. The molecule has 1 aliphatic carbocycles. The van der Waals surface area contributed by atoms with Crippen molar-refractivity contribution in [3.63, 3.8) is 0 Å². The van der Waals surface area contributed by atoms with Gasteiger partial charge in [-0.2, -0.15) is 0 Å². The molecule has 14 heavy (non-hydrogen) atoms. The van der Waals surface area contributed by atoms with Gasteiger partial charge in [0, 0.05) is 6.04 Å². The average molecular weight is 197 g/mol. The molecule has 0 spiro atoms. The van der Waals surface area contributed by atoms with E-state index in [0.717, 1.165) is 17.9 Å². The van der Waals surface area contributed by atoms with Crippen LogP contribution in [0.3, 0.4) is 0 Å². The summed E-state index contributed by atoms with van der Waals surface area (Å²) in [6.07, 6.45) is 8.39. The zero-order chi connectivity index (χ0) is 10.4. The lowest BCUT2D eigenvalue weighted by Gasteiger charge is -2.23. The first-order chi connectivity index (χ1) is 6.77. The van der Waals surface area contributed by atoms with Crippen LogP contribution in [0.15, 0.2) is 0 Å². The minimum atomic E-state index is 0.837. The van der Waals surface area contributed by atoms with Crippen LogP contribution in [0.25, 0.3) is 0 Å². The molecule has 1 nitrogen and oxygen atoms in total. The number of hydrogen-bond acceptors (Lipinski definition) is 1. The Morgan fingerprint density at radius 3 is 2.71 bits per heavy atom. The summed E-state index contributed by atoms with van der Waals surface area (Å²) >= 11 is 0. The first kappa shape index (κ1) is 12.0. The van der Waals surface area contributed by atoms with Gasteiger partial charge in [0.05, 0.1) is 0 Å². The second-order valence-electron chi connectivity index (χ2n) is 5.00. The molecular weight excluding hydrogens is 170 g/mol. The molecule has 0 saturated heterocycles. The van der Waals surface area contributed by atoms with Crippen LogP contribution in [-0.4, -0.2) is 12.6 Å². The molecule has 0 bridgehead atoms. The highest BCUT2D eigenvalue weighted by atomic mass is 14.9. The Balaban J connectivity index is 2.27. The van der Waals surface area contributed by atoms with Gasteiger partial charge in [0.2, 0.25) is 0 Å². The van der Waals surface area contributed by atoms with Crippen molar-refractivity contribution in [3.05, 3.63) is 0 Å². The van der Waals surface area contributed by atoms with Crippen molar-refractivity contribution in [3.8, 4) is 0 Å². The van der Waals surface area contributed by atoms with Crippen LogP contribution >= 0.6 is 0 Å². The summed E-state index contributed by atoms with van der Waals surface area (Å²) < 4.78 is 0. The van der Waals surface area contributed by atoms with Gasteiger partial charge in [0.25, 0.3) is 0 Å². The van der Waals surface area contributed by atoms with Gasteiger partial charge < -0.3 is 5.32 Å². The maximum Gasteiger partial charge on any atom is 0.00954 e. The van der Waals surface area contributed by atoms with E-state index in [0.29, 0.717) is 0 Å². The summed E-state index contributed by atoms with van der Waals surface area (Å²) in [5.74, 6) is 1.89. The number of hydrogen-bond donors (Lipinski definition) is 1. The molecule has 0 aromatic heterocycles. The quantitative estimate of drug-likeness (QED) is 0.686. The van der Waals surface area contributed by atoms with Crippen LogP contribution in [0.5, 0.6) is 0 Å². The third kappa shape index (κ3) is 3.61. The number of rotatable bonds is 6. The van der Waals surface area contributed by atoms with Gasteiger partial charge >= 0.3 is 0 Å². The molecule has 0 amide bonds. The summed E-state index contributed by atoms with van der Waals surface area (Å²) in [5.41, 5.74) is 0. The zero-order valence-electron chi connectivity index (χ0n) is 10.2. The van der Waals surface area contributed by atoms with Crippen molar-refractivity contribution in [2.75, 3.05) is 6.54 Å².